The van der Waals surface area contributed by atoms with Crippen molar-refractivity contribution in [2.24, 2.45) is 5.73 Å². The number of carbonyl (C=O) groups excluding carboxylic acids is 2. The summed E-state index contributed by atoms with van der Waals surface area (Å²) in [4.78, 5) is 24.9. The summed E-state index contributed by atoms with van der Waals surface area (Å²) in [5, 5.41) is 0. The molecule has 0 aromatic rings. The van der Waals surface area contributed by atoms with Crippen LogP contribution in [0.15, 0.2) is 0 Å². The van der Waals surface area contributed by atoms with Crippen LogP contribution in [0.3, 0.4) is 0 Å². The summed E-state index contributed by atoms with van der Waals surface area (Å²) >= 11 is 0. The van der Waals surface area contributed by atoms with E-state index in [-0.39, 0.29) is 5.91 Å². The van der Waals surface area contributed by atoms with E-state index in [1.807, 2.05) is 0 Å². The Morgan fingerprint density at radius 3 is 1.44 bits per heavy atom. The van der Waals surface area contributed by atoms with E-state index in [9.17, 15) is 9.59 Å². The normalized spacial score (nSPS) is 15.1. The molecule has 0 unspecified atom stereocenters. The minimum Gasteiger partial charge on any atom is -0.370 e. The number of nitrogens with zero attached hydrogens (tertiary/aromatic N) is 1. The average molecular weight is 353 g/mol. The highest BCUT2D eigenvalue weighted by atomic mass is 16.2. The van der Waals surface area contributed by atoms with Gasteiger partial charge in [0, 0.05) is 25.9 Å². The fraction of sp³-hybridized carbons (Fsp3) is 0.905. The van der Waals surface area contributed by atoms with Gasteiger partial charge < -0.3 is 10.6 Å². The molecule has 0 aromatic heterocycles. The molecule has 0 bridgehead atoms. The second kappa shape index (κ2) is 15.2. The Hall–Kier alpha value is -1.06. The third kappa shape index (κ3) is 12.9. The zero-order valence-electron chi connectivity index (χ0n) is 16.3. The third-order valence-electron chi connectivity index (χ3n) is 5.27. The summed E-state index contributed by atoms with van der Waals surface area (Å²) in [6.45, 7) is 1.97. The van der Waals surface area contributed by atoms with Crippen molar-refractivity contribution in [1.82, 2.24) is 4.90 Å². The van der Waals surface area contributed by atoms with Crippen molar-refractivity contribution in [1.29, 1.82) is 0 Å². The number of nitrogens with two attached hydrogens (primary N) is 1. The second-order valence-corrected chi connectivity index (χ2v) is 7.65. The number of hydrogen-bond donors (Lipinski definition) is 1. The van der Waals surface area contributed by atoms with E-state index in [2.05, 4.69) is 4.90 Å². The van der Waals surface area contributed by atoms with Gasteiger partial charge in [-0.3, -0.25) is 9.59 Å². The number of unbranched alkanes of at least 4 members (excludes halogenated alkanes) is 10. The number of primary amides is 1. The van der Waals surface area contributed by atoms with Crippen LogP contribution < -0.4 is 5.73 Å². The monoisotopic (exact) mass is 352 g/mol. The second-order valence-electron chi connectivity index (χ2n) is 7.65. The molecule has 0 aromatic carbocycles. The molecule has 146 valence electrons. The van der Waals surface area contributed by atoms with E-state index < -0.39 is 0 Å². The maximum atomic E-state index is 12.2. The molecule has 1 saturated heterocycles. The Morgan fingerprint density at radius 2 is 1.00 bits per heavy atom. The fourth-order valence-corrected chi connectivity index (χ4v) is 3.64. The molecule has 1 rings (SSSR count). The lowest BCUT2D eigenvalue weighted by Crippen LogP contribution is -2.31. The predicted octanol–water partition coefficient (Wildman–Crippen LogP) is 4.95. The maximum Gasteiger partial charge on any atom is 0.222 e. The van der Waals surface area contributed by atoms with Gasteiger partial charge in [-0.2, -0.15) is 0 Å². The molecular weight excluding hydrogens is 312 g/mol. The zero-order valence-corrected chi connectivity index (χ0v) is 16.3. The molecule has 0 saturated carbocycles. The van der Waals surface area contributed by atoms with Gasteiger partial charge >= 0.3 is 0 Å². The first-order valence-corrected chi connectivity index (χ1v) is 10.8. The van der Waals surface area contributed by atoms with Crippen LogP contribution in [0.5, 0.6) is 0 Å². The van der Waals surface area contributed by atoms with Crippen LogP contribution >= 0.6 is 0 Å². The highest BCUT2D eigenvalue weighted by Crippen LogP contribution is 2.14. The number of amides is 2. The first-order valence-electron chi connectivity index (χ1n) is 10.8. The van der Waals surface area contributed by atoms with Crippen molar-refractivity contribution in [2.45, 2.75) is 109 Å². The third-order valence-corrected chi connectivity index (χ3v) is 5.27. The van der Waals surface area contributed by atoms with Gasteiger partial charge in [0.2, 0.25) is 11.8 Å². The summed E-state index contributed by atoms with van der Waals surface area (Å²) in [6.07, 6.45) is 19.6. The van der Waals surface area contributed by atoms with Crippen LogP contribution in [0, 0.1) is 0 Å². The van der Waals surface area contributed by atoms with E-state index in [1.165, 1.54) is 77.0 Å². The minimum atomic E-state index is -0.173. The predicted molar refractivity (Wildman–Crippen MR) is 104 cm³/mol. The van der Waals surface area contributed by atoms with E-state index in [1.54, 1.807) is 0 Å². The largest absolute Gasteiger partial charge is 0.370 e. The summed E-state index contributed by atoms with van der Waals surface area (Å²) in [6, 6.07) is 0. The van der Waals surface area contributed by atoms with Crippen molar-refractivity contribution in [2.75, 3.05) is 13.1 Å². The molecule has 0 spiro atoms. The van der Waals surface area contributed by atoms with Crippen LogP contribution in [-0.2, 0) is 9.59 Å². The van der Waals surface area contributed by atoms with E-state index >= 15 is 0 Å². The number of carbonyl (C=O) groups is 2. The maximum absolute atomic E-state index is 12.2. The fourth-order valence-electron chi connectivity index (χ4n) is 3.64. The average Bonchev–Trinajstić information content (AvgIpc) is 2.88. The Bertz CT molecular complexity index is 350. The molecular formula is C21H40N2O2. The van der Waals surface area contributed by atoms with E-state index in [0.29, 0.717) is 12.3 Å². The summed E-state index contributed by atoms with van der Waals surface area (Å²) in [5.41, 5.74) is 5.12. The van der Waals surface area contributed by atoms with Gasteiger partial charge in [-0.15, -0.1) is 0 Å². The lowest BCUT2D eigenvalue weighted by atomic mass is 10.0. The zero-order chi connectivity index (χ0) is 18.2. The van der Waals surface area contributed by atoms with Gasteiger partial charge in [0.15, 0.2) is 0 Å². The molecule has 1 aliphatic heterocycles. The first-order chi connectivity index (χ1) is 12.2. The van der Waals surface area contributed by atoms with Gasteiger partial charge in [-0.1, -0.05) is 70.6 Å². The molecule has 4 heteroatoms. The Kier molecular flexibility index (Phi) is 13.4. The Balaban J connectivity index is 1.81. The minimum absolute atomic E-state index is 0.173. The highest BCUT2D eigenvalue weighted by Gasteiger charge is 2.14. The standard InChI is InChI=1S/C21H40N2O2/c22-20(24)16-12-8-6-4-2-1-3-5-7-9-13-17-21(25)23-18-14-10-11-15-19-23/h1-19H2,(H2,22,24). The van der Waals surface area contributed by atoms with Gasteiger partial charge in [-0.05, 0) is 25.7 Å². The van der Waals surface area contributed by atoms with Crippen LogP contribution in [0.1, 0.15) is 109 Å². The molecule has 2 amide bonds. The summed E-state index contributed by atoms with van der Waals surface area (Å²) < 4.78 is 0. The van der Waals surface area contributed by atoms with Crippen LogP contribution in [0.4, 0.5) is 0 Å². The topological polar surface area (TPSA) is 63.4 Å². The highest BCUT2D eigenvalue weighted by molar-refractivity contribution is 5.76. The van der Waals surface area contributed by atoms with Crippen LogP contribution in [0.25, 0.3) is 0 Å². The number of likely N-dealkylation sites (tertiary alicyclic amines) is 1. The lowest BCUT2D eigenvalue weighted by Gasteiger charge is -2.20. The Labute approximate surface area is 154 Å². The SMILES string of the molecule is NC(=O)CCCCCCCCCCCCCC(=O)N1CCCCCC1. The number of hydrogen-bond acceptors (Lipinski definition) is 2. The Morgan fingerprint density at radius 1 is 0.600 bits per heavy atom. The van der Waals surface area contributed by atoms with Crippen molar-refractivity contribution >= 4 is 11.8 Å². The molecule has 1 aliphatic rings. The lowest BCUT2D eigenvalue weighted by molar-refractivity contribution is -0.131. The van der Waals surface area contributed by atoms with Crippen molar-refractivity contribution in [3.63, 3.8) is 0 Å². The smallest absolute Gasteiger partial charge is 0.222 e. The summed E-state index contributed by atoms with van der Waals surface area (Å²) in [7, 11) is 0. The first kappa shape index (κ1) is 22.0. The molecule has 25 heavy (non-hydrogen) atoms. The number of rotatable bonds is 14. The molecule has 1 fully saturated rings. The molecule has 0 aliphatic carbocycles. The van der Waals surface area contributed by atoms with Gasteiger partial charge in [0.1, 0.15) is 0 Å². The van der Waals surface area contributed by atoms with E-state index in [0.717, 1.165) is 38.8 Å². The van der Waals surface area contributed by atoms with Gasteiger partial charge in [0.25, 0.3) is 0 Å². The van der Waals surface area contributed by atoms with Gasteiger partial charge in [-0.25, -0.2) is 0 Å². The molecule has 0 radical (unpaired) electrons. The summed E-state index contributed by atoms with van der Waals surface area (Å²) in [5.74, 6) is 0.214. The van der Waals surface area contributed by atoms with E-state index in [4.69, 9.17) is 5.73 Å². The molecule has 2 N–H and O–H groups in total. The van der Waals surface area contributed by atoms with Gasteiger partial charge in [0.05, 0.1) is 0 Å². The van der Waals surface area contributed by atoms with Crippen molar-refractivity contribution in [3.05, 3.63) is 0 Å². The van der Waals surface area contributed by atoms with Crippen LogP contribution in [0.2, 0.25) is 0 Å². The quantitative estimate of drug-likeness (QED) is 0.450. The molecule has 0 atom stereocenters. The van der Waals surface area contributed by atoms with Crippen molar-refractivity contribution in [3.8, 4) is 0 Å². The molecule has 1 heterocycles. The molecule has 4 nitrogen and oxygen atoms in total. The van der Waals surface area contributed by atoms with Crippen molar-refractivity contribution < 1.29 is 9.59 Å². The van der Waals surface area contributed by atoms with Crippen LogP contribution in [-0.4, -0.2) is 29.8 Å².